The normalized spacial score (nSPS) is 10.3. The molecule has 1 aromatic carbocycles. The number of hydrogen-bond donors (Lipinski definition) is 1. The lowest BCUT2D eigenvalue weighted by atomic mass is 10.2. The van der Waals surface area contributed by atoms with Crippen LogP contribution in [0, 0.1) is 17.0 Å². The topological polar surface area (TPSA) is 93.8 Å². The van der Waals surface area contributed by atoms with Crippen LogP contribution in [0.2, 0.25) is 0 Å². The lowest BCUT2D eigenvalue weighted by Gasteiger charge is -2.08. The summed E-state index contributed by atoms with van der Waals surface area (Å²) in [5.74, 6) is 1.05. The molecule has 0 fully saturated rings. The Labute approximate surface area is 132 Å². The summed E-state index contributed by atoms with van der Waals surface area (Å²) in [6.07, 6.45) is 1.68. The van der Waals surface area contributed by atoms with Crippen LogP contribution in [0.25, 0.3) is 11.5 Å². The third-order valence-electron chi connectivity index (χ3n) is 3.08. The second kappa shape index (κ2) is 6.18. The first kappa shape index (κ1) is 14.6. The molecule has 114 valence electrons. The predicted octanol–water partition coefficient (Wildman–Crippen LogP) is 3.50. The van der Waals surface area contributed by atoms with Crippen LogP contribution in [0.15, 0.2) is 54.7 Å². The molecule has 23 heavy (non-hydrogen) atoms. The maximum absolute atomic E-state index is 10.8. The molecule has 0 aliphatic rings. The Kier molecular flexibility index (Phi) is 3.92. The standard InChI is InChI=1S/C16H13N5O2/c1-11-9-15(19-12-5-4-6-13(10-12)21(22)23)20-16(18-11)14-7-2-3-8-17-14/h2-10H,1H3,(H,18,19,20). The van der Waals surface area contributed by atoms with Crippen LogP contribution in [-0.2, 0) is 0 Å². The summed E-state index contributed by atoms with van der Waals surface area (Å²) in [7, 11) is 0. The Bertz CT molecular complexity index is 852. The van der Waals surface area contributed by atoms with Crippen molar-refractivity contribution in [2.75, 3.05) is 5.32 Å². The van der Waals surface area contributed by atoms with E-state index in [1.165, 1.54) is 12.1 Å². The first-order valence-corrected chi connectivity index (χ1v) is 6.90. The number of nitrogens with zero attached hydrogens (tertiary/aromatic N) is 4. The van der Waals surface area contributed by atoms with Gasteiger partial charge in [-0.15, -0.1) is 0 Å². The van der Waals surface area contributed by atoms with Gasteiger partial charge < -0.3 is 5.32 Å². The van der Waals surface area contributed by atoms with Crippen molar-refractivity contribution in [1.82, 2.24) is 15.0 Å². The zero-order chi connectivity index (χ0) is 16.2. The first-order chi connectivity index (χ1) is 11.1. The van der Waals surface area contributed by atoms with E-state index in [2.05, 4.69) is 20.3 Å². The van der Waals surface area contributed by atoms with Crippen LogP contribution >= 0.6 is 0 Å². The fraction of sp³-hybridized carbons (Fsp3) is 0.0625. The van der Waals surface area contributed by atoms with E-state index in [1.54, 1.807) is 24.4 Å². The Morgan fingerprint density at radius 1 is 1.09 bits per heavy atom. The zero-order valence-electron chi connectivity index (χ0n) is 12.3. The van der Waals surface area contributed by atoms with Crippen molar-refractivity contribution in [2.45, 2.75) is 6.92 Å². The number of benzene rings is 1. The second-order valence-corrected chi connectivity index (χ2v) is 4.87. The molecule has 0 aliphatic carbocycles. The molecule has 0 spiro atoms. The van der Waals surface area contributed by atoms with Crippen molar-refractivity contribution < 1.29 is 4.92 Å². The molecule has 0 atom stereocenters. The van der Waals surface area contributed by atoms with E-state index in [-0.39, 0.29) is 5.69 Å². The molecular weight excluding hydrogens is 294 g/mol. The van der Waals surface area contributed by atoms with Crippen molar-refractivity contribution in [2.24, 2.45) is 0 Å². The highest BCUT2D eigenvalue weighted by Crippen LogP contribution is 2.22. The van der Waals surface area contributed by atoms with Gasteiger partial charge in [0.05, 0.1) is 4.92 Å². The highest BCUT2D eigenvalue weighted by Gasteiger charge is 2.09. The third kappa shape index (κ3) is 3.46. The SMILES string of the molecule is Cc1cc(Nc2cccc([N+](=O)[O-])c2)nc(-c2ccccn2)n1. The number of pyridine rings is 1. The van der Waals surface area contributed by atoms with Crippen molar-refractivity contribution in [3.8, 4) is 11.5 Å². The molecule has 0 aliphatic heterocycles. The van der Waals surface area contributed by atoms with Gasteiger partial charge in [-0.1, -0.05) is 12.1 Å². The summed E-state index contributed by atoms with van der Waals surface area (Å²) in [6, 6.07) is 13.5. The monoisotopic (exact) mass is 307 g/mol. The molecule has 0 amide bonds. The van der Waals surface area contributed by atoms with Gasteiger partial charge in [0.25, 0.3) is 5.69 Å². The molecule has 0 radical (unpaired) electrons. The van der Waals surface area contributed by atoms with Crippen LogP contribution in [0.1, 0.15) is 5.69 Å². The average Bonchev–Trinajstić information content (AvgIpc) is 2.55. The summed E-state index contributed by atoms with van der Waals surface area (Å²) in [5.41, 5.74) is 2.04. The number of aromatic nitrogens is 3. The largest absolute Gasteiger partial charge is 0.340 e. The average molecular weight is 307 g/mol. The highest BCUT2D eigenvalue weighted by molar-refractivity contribution is 5.62. The fourth-order valence-corrected chi connectivity index (χ4v) is 2.09. The van der Waals surface area contributed by atoms with Crippen LogP contribution in [0.3, 0.4) is 0 Å². The minimum Gasteiger partial charge on any atom is -0.340 e. The van der Waals surface area contributed by atoms with E-state index in [1.807, 2.05) is 25.1 Å². The molecule has 0 saturated heterocycles. The number of non-ortho nitro benzene ring substituents is 1. The lowest BCUT2D eigenvalue weighted by Crippen LogP contribution is -2.00. The van der Waals surface area contributed by atoms with Gasteiger partial charge in [0, 0.05) is 35.8 Å². The van der Waals surface area contributed by atoms with Crippen LogP contribution in [0.4, 0.5) is 17.2 Å². The molecule has 3 aromatic rings. The molecule has 1 N–H and O–H groups in total. The number of rotatable bonds is 4. The smallest absolute Gasteiger partial charge is 0.271 e. The highest BCUT2D eigenvalue weighted by atomic mass is 16.6. The summed E-state index contributed by atoms with van der Waals surface area (Å²) in [5, 5.41) is 13.9. The van der Waals surface area contributed by atoms with Gasteiger partial charge in [-0.3, -0.25) is 15.1 Å². The number of aryl methyl sites for hydroxylation is 1. The number of anilines is 2. The molecule has 3 rings (SSSR count). The van der Waals surface area contributed by atoms with Gasteiger partial charge >= 0.3 is 0 Å². The molecule has 2 heterocycles. The van der Waals surface area contributed by atoms with Crippen molar-refractivity contribution in [1.29, 1.82) is 0 Å². The summed E-state index contributed by atoms with van der Waals surface area (Å²) >= 11 is 0. The molecular formula is C16H13N5O2. The number of nitrogens with one attached hydrogen (secondary N) is 1. The van der Waals surface area contributed by atoms with Gasteiger partial charge in [0.15, 0.2) is 5.82 Å². The molecule has 7 heteroatoms. The van der Waals surface area contributed by atoms with Gasteiger partial charge in [0.1, 0.15) is 11.5 Å². The van der Waals surface area contributed by atoms with Crippen molar-refractivity contribution in [3.05, 3.63) is 70.5 Å². The minimum absolute atomic E-state index is 0.0192. The third-order valence-corrected chi connectivity index (χ3v) is 3.08. The minimum atomic E-state index is -0.435. The van der Waals surface area contributed by atoms with Gasteiger partial charge in [-0.2, -0.15) is 0 Å². The molecule has 0 saturated carbocycles. The first-order valence-electron chi connectivity index (χ1n) is 6.90. The molecule has 2 aromatic heterocycles. The summed E-state index contributed by atoms with van der Waals surface area (Å²) < 4.78 is 0. The van der Waals surface area contributed by atoms with Gasteiger partial charge in [0.2, 0.25) is 0 Å². The Morgan fingerprint density at radius 2 is 1.96 bits per heavy atom. The van der Waals surface area contributed by atoms with Gasteiger partial charge in [-0.05, 0) is 25.1 Å². The van der Waals surface area contributed by atoms with E-state index in [0.29, 0.717) is 23.0 Å². The Balaban J connectivity index is 1.93. The maximum Gasteiger partial charge on any atom is 0.271 e. The number of hydrogen-bond acceptors (Lipinski definition) is 6. The van der Waals surface area contributed by atoms with E-state index >= 15 is 0 Å². The van der Waals surface area contributed by atoms with E-state index in [4.69, 9.17) is 0 Å². The quantitative estimate of drug-likeness (QED) is 0.585. The van der Waals surface area contributed by atoms with E-state index in [0.717, 1.165) is 5.69 Å². The van der Waals surface area contributed by atoms with Crippen LogP contribution < -0.4 is 5.32 Å². The van der Waals surface area contributed by atoms with E-state index in [9.17, 15) is 10.1 Å². The summed E-state index contributed by atoms with van der Waals surface area (Å²) in [4.78, 5) is 23.4. The number of nitro benzene ring substituents is 1. The Morgan fingerprint density at radius 3 is 2.70 bits per heavy atom. The number of nitro groups is 1. The molecule has 0 bridgehead atoms. The lowest BCUT2D eigenvalue weighted by molar-refractivity contribution is -0.384. The zero-order valence-corrected chi connectivity index (χ0v) is 12.3. The second-order valence-electron chi connectivity index (χ2n) is 4.87. The van der Waals surface area contributed by atoms with Crippen LogP contribution in [-0.4, -0.2) is 19.9 Å². The Hall–Kier alpha value is -3.35. The van der Waals surface area contributed by atoms with E-state index < -0.39 is 4.92 Å². The molecule has 0 unspecified atom stereocenters. The van der Waals surface area contributed by atoms with Gasteiger partial charge in [-0.25, -0.2) is 9.97 Å². The fourth-order valence-electron chi connectivity index (χ4n) is 2.09. The summed E-state index contributed by atoms with van der Waals surface area (Å²) in [6.45, 7) is 1.85. The van der Waals surface area contributed by atoms with Crippen LogP contribution in [0.5, 0.6) is 0 Å². The van der Waals surface area contributed by atoms with Crippen molar-refractivity contribution in [3.63, 3.8) is 0 Å². The van der Waals surface area contributed by atoms with Crippen molar-refractivity contribution >= 4 is 17.2 Å². The molecule has 7 nitrogen and oxygen atoms in total. The predicted molar refractivity (Wildman–Crippen MR) is 86.4 cm³/mol. The maximum atomic E-state index is 10.8.